The molecular weight excluding hydrogens is 425 g/mol. The molecule has 1 aromatic heterocycles. The number of thiophene rings is 1. The molecule has 7 nitrogen and oxygen atoms in total. The largest absolute Gasteiger partial charge is 0.506 e. The smallest absolute Gasteiger partial charge is 0.410 e. The van der Waals surface area contributed by atoms with Crippen LogP contribution in [0.15, 0.2) is 12.1 Å². The molecule has 0 radical (unpaired) electrons. The molecule has 0 bridgehead atoms. The second kappa shape index (κ2) is 7.35. The first-order valence-electron chi connectivity index (χ1n) is 8.70. The molecule has 148 valence electrons. The van der Waals surface area contributed by atoms with E-state index in [1.165, 1.54) is 17.4 Å². The van der Waals surface area contributed by atoms with Crippen LogP contribution in [0.25, 0.3) is 0 Å². The lowest BCUT2D eigenvalue weighted by Crippen LogP contribution is -2.39. The molecule has 0 saturated carbocycles. The Balaban J connectivity index is 1.64. The fourth-order valence-corrected chi connectivity index (χ4v) is 5.25. The fraction of sp³-hybridized carbons (Fsp3) is 0.333. The molecule has 3 heterocycles. The zero-order valence-electron chi connectivity index (χ0n) is 14.8. The number of phenolic OH excluding ortho intramolecular Hbond substituents is 1. The van der Waals surface area contributed by atoms with Gasteiger partial charge in [-0.2, -0.15) is 0 Å². The first-order valence-corrected chi connectivity index (χ1v) is 10.3. The Morgan fingerprint density at radius 3 is 2.93 bits per heavy atom. The number of benzene rings is 1. The van der Waals surface area contributed by atoms with E-state index in [-0.39, 0.29) is 22.8 Å². The number of ether oxygens (including phenoxy) is 1. The monoisotopic (exact) mass is 441 g/mol. The molecule has 0 fully saturated rings. The normalized spacial score (nSPS) is 18.0. The maximum absolute atomic E-state index is 12.8. The van der Waals surface area contributed by atoms with Crippen LogP contribution in [0.4, 0.5) is 9.80 Å². The Morgan fingerprint density at radius 1 is 1.39 bits per heavy atom. The second-order valence-electron chi connectivity index (χ2n) is 6.45. The SMILES string of the molecule is CCOC(=O)N1CCc2c(sc3c2C(=O)N[C@H](c2cc(Cl)cc(Cl)c2O)N3)C1. The molecule has 28 heavy (non-hydrogen) atoms. The third-order valence-corrected chi connectivity index (χ3v) is 6.38. The van der Waals surface area contributed by atoms with Crippen molar-refractivity contribution < 1.29 is 19.4 Å². The summed E-state index contributed by atoms with van der Waals surface area (Å²) in [6.45, 7) is 2.99. The number of carbonyl (C=O) groups is 2. The lowest BCUT2D eigenvalue weighted by molar-refractivity contribution is 0.0934. The van der Waals surface area contributed by atoms with Gasteiger partial charge in [-0.25, -0.2) is 4.79 Å². The number of phenols is 1. The summed E-state index contributed by atoms with van der Waals surface area (Å²) in [6, 6.07) is 2.99. The highest BCUT2D eigenvalue weighted by Gasteiger charge is 2.35. The van der Waals surface area contributed by atoms with Crippen LogP contribution in [0, 0.1) is 0 Å². The van der Waals surface area contributed by atoms with Crippen LogP contribution < -0.4 is 10.6 Å². The van der Waals surface area contributed by atoms with E-state index < -0.39 is 6.17 Å². The van der Waals surface area contributed by atoms with Crippen molar-refractivity contribution in [1.29, 1.82) is 0 Å². The number of rotatable bonds is 2. The molecule has 2 aliphatic rings. The zero-order chi connectivity index (χ0) is 20.0. The van der Waals surface area contributed by atoms with E-state index in [1.54, 1.807) is 17.9 Å². The Hall–Kier alpha value is -2.16. The molecule has 0 spiro atoms. The Morgan fingerprint density at radius 2 is 2.18 bits per heavy atom. The van der Waals surface area contributed by atoms with Crippen LogP contribution in [-0.2, 0) is 17.7 Å². The highest BCUT2D eigenvalue weighted by atomic mass is 35.5. The van der Waals surface area contributed by atoms with Gasteiger partial charge >= 0.3 is 6.09 Å². The first kappa shape index (κ1) is 19.2. The minimum Gasteiger partial charge on any atom is -0.506 e. The van der Waals surface area contributed by atoms with Gasteiger partial charge in [0, 0.05) is 22.0 Å². The van der Waals surface area contributed by atoms with Crippen molar-refractivity contribution in [2.45, 2.75) is 26.1 Å². The number of anilines is 1. The lowest BCUT2D eigenvalue weighted by Gasteiger charge is -2.28. The molecular formula is C18H17Cl2N3O4S. The van der Waals surface area contributed by atoms with Crippen molar-refractivity contribution >= 4 is 51.5 Å². The second-order valence-corrected chi connectivity index (χ2v) is 8.40. The Bertz CT molecular complexity index is 978. The van der Waals surface area contributed by atoms with E-state index >= 15 is 0 Å². The van der Waals surface area contributed by atoms with Gasteiger partial charge in [-0.15, -0.1) is 11.3 Å². The van der Waals surface area contributed by atoms with Gasteiger partial charge in [-0.3, -0.25) is 4.79 Å². The minimum absolute atomic E-state index is 0.111. The van der Waals surface area contributed by atoms with E-state index in [1.807, 2.05) is 0 Å². The van der Waals surface area contributed by atoms with E-state index in [0.717, 1.165) is 10.4 Å². The molecule has 3 N–H and O–H groups in total. The van der Waals surface area contributed by atoms with Crippen molar-refractivity contribution in [3.63, 3.8) is 0 Å². The van der Waals surface area contributed by atoms with Gasteiger partial charge in [0.2, 0.25) is 0 Å². The van der Waals surface area contributed by atoms with Crippen LogP contribution in [0.5, 0.6) is 5.75 Å². The number of nitrogens with zero attached hydrogens (tertiary/aromatic N) is 1. The average molecular weight is 442 g/mol. The van der Waals surface area contributed by atoms with E-state index in [2.05, 4.69) is 10.6 Å². The number of hydrogen-bond donors (Lipinski definition) is 3. The quantitative estimate of drug-likeness (QED) is 0.651. The highest BCUT2D eigenvalue weighted by Crippen LogP contribution is 2.43. The molecule has 0 unspecified atom stereocenters. The summed E-state index contributed by atoms with van der Waals surface area (Å²) in [5.41, 5.74) is 1.92. The predicted molar refractivity (Wildman–Crippen MR) is 107 cm³/mol. The summed E-state index contributed by atoms with van der Waals surface area (Å²) in [5.74, 6) is -0.376. The molecule has 4 rings (SSSR count). The summed E-state index contributed by atoms with van der Waals surface area (Å²) in [4.78, 5) is 27.4. The molecule has 1 aromatic carbocycles. The maximum atomic E-state index is 12.8. The fourth-order valence-electron chi connectivity index (χ4n) is 3.45. The molecule has 0 aliphatic carbocycles. The summed E-state index contributed by atoms with van der Waals surface area (Å²) in [6.07, 6.45) is -0.445. The minimum atomic E-state index is -0.669. The van der Waals surface area contributed by atoms with E-state index in [9.17, 15) is 14.7 Å². The predicted octanol–water partition coefficient (Wildman–Crippen LogP) is 4.13. The van der Waals surface area contributed by atoms with Crippen LogP contribution in [-0.4, -0.2) is 35.2 Å². The molecule has 1 atom stereocenters. The van der Waals surface area contributed by atoms with Gasteiger partial charge in [0.05, 0.1) is 23.7 Å². The topological polar surface area (TPSA) is 90.9 Å². The zero-order valence-corrected chi connectivity index (χ0v) is 17.2. The lowest BCUT2D eigenvalue weighted by atomic mass is 10.0. The summed E-state index contributed by atoms with van der Waals surface area (Å²) in [5, 5.41) is 17.5. The van der Waals surface area contributed by atoms with Crippen LogP contribution in [0.3, 0.4) is 0 Å². The average Bonchev–Trinajstić information content (AvgIpc) is 3.02. The Labute approximate surface area is 175 Å². The van der Waals surface area contributed by atoms with E-state index in [4.69, 9.17) is 27.9 Å². The number of hydrogen-bond acceptors (Lipinski definition) is 6. The standard InChI is InChI=1S/C18H17Cl2N3O4S/c1-2-27-18(26)23-4-3-9-12(7-23)28-17-13(9)16(25)21-15(22-17)10-5-8(19)6-11(20)14(10)24/h5-6,15,22,24H,2-4,7H2,1H3,(H,21,25)/t15-/m0/s1. The summed E-state index contributed by atoms with van der Waals surface area (Å²) < 4.78 is 5.07. The number of fused-ring (bicyclic) bond motifs is 3. The van der Waals surface area contributed by atoms with Gasteiger partial charge in [0.15, 0.2) is 0 Å². The van der Waals surface area contributed by atoms with Gasteiger partial charge in [-0.05, 0) is 31.0 Å². The summed E-state index contributed by atoms with van der Waals surface area (Å²) >= 11 is 13.5. The van der Waals surface area contributed by atoms with Gasteiger partial charge < -0.3 is 25.4 Å². The Kier molecular flexibility index (Phi) is 5.03. The first-order chi connectivity index (χ1) is 13.4. The van der Waals surface area contributed by atoms with Crippen molar-refractivity contribution in [2.24, 2.45) is 0 Å². The number of amides is 2. The van der Waals surface area contributed by atoms with Crippen LogP contribution >= 0.6 is 34.5 Å². The molecule has 10 heteroatoms. The third kappa shape index (κ3) is 3.25. The maximum Gasteiger partial charge on any atom is 0.410 e. The van der Waals surface area contributed by atoms with Crippen LogP contribution in [0.2, 0.25) is 10.0 Å². The third-order valence-electron chi connectivity index (χ3n) is 4.73. The van der Waals surface area contributed by atoms with Crippen molar-refractivity contribution in [2.75, 3.05) is 18.5 Å². The van der Waals surface area contributed by atoms with Crippen LogP contribution in [0.1, 0.15) is 39.5 Å². The van der Waals surface area contributed by atoms with Crippen molar-refractivity contribution in [3.8, 4) is 5.75 Å². The number of aromatic hydroxyl groups is 1. The number of halogens is 2. The van der Waals surface area contributed by atoms with Crippen molar-refractivity contribution in [1.82, 2.24) is 10.2 Å². The molecule has 2 amide bonds. The number of nitrogens with one attached hydrogen (secondary N) is 2. The van der Waals surface area contributed by atoms with Gasteiger partial charge in [-0.1, -0.05) is 23.2 Å². The molecule has 2 aliphatic heterocycles. The number of carbonyl (C=O) groups excluding carboxylic acids is 2. The molecule has 0 saturated heterocycles. The van der Waals surface area contributed by atoms with E-state index in [0.29, 0.717) is 47.3 Å². The van der Waals surface area contributed by atoms with Gasteiger partial charge in [0.1, 0.15) is 16.9 Å². The highest BCUT2D eigenvalue weighted by molar-refractivity contribution is 7.16. The molecule has 2 aromatic rings. The summed E-state index contributed by atoms with van der Waals surface area (Å²) in [7, 11) is 0. The van der Waals surface area contributed by atoms with Gasteiger partial charge in [0.25, 0.3) is 5.91 Å². The van der Waals surface area contributed by atoms with Crippen molar-refractivity contribution in [3.05, 3.63) is 43.7 Å².